The van der Waals surface area contributed by atoms with Gasteiger partial charge < -0.3 is 20.1 Å². The van der Waals surface area contributed by atoms with Gasteiger partial charge in [-0.25, -0.2) is 9.67 Å². The Morgan fingerprint density at radius 1 is 1.39 bits per heavy atom. The standard InChI is InChI=1S/C21H31ClN6O2.HI/c1-4-23-21(24-10-5-11-30-18-8-6-16(22)12-15(18)2)25-17-7-9-20-26-19(14-29-3)27-28(20)13-17;/h6,8,12,17H,4-5,7,9-11,13-14H2,1-3H3,(H2,23,24,25);1H. The van der Waals surface area contributed by atoms with Crippen LogP contribution in [-0.4, -0.2) is 53.6 Å². The van der Waals surface area contributed by atoms with E-state index in [-0.39, 0.29) is 30.0 Å². The van der Waals surface area contributed by atoms with Crippen LogP contribution in [0.5, 0.6) is 5.75 Å². The zero-order valence-electron chi connectivity index (χ0n) is 18.4. The van der Waals surface area contributed by atoms with E-state index in [0.29, 0.717) is 19.8 Å². The first-order valence-electron chi connectivity index (χ1n) is 10.4. The van der Waals surface area contributed by atoms with Crippen molar-refractivity contribution in [1.29, 1.82) is 0 Å². The van der Waals surface area contributed by atoms with Crippen molar-refractivity contribution in [2.24, 2.45) is 4.99 Å². The summed E-state index contributed by atoms with van der Waals surface area (Å²) in [5, 5.41) is 12.1. The van der Waals surface area contributed by atoms with E-state index >= 15 is 0 Å². The Labute approximate surface area is 206 Å². The van der Waals surface area contributed by atoms with Gasteiger partial charge in [0.15, 0.2) is 11.8 Å². The molecule has 10 heteroatoms. The number of benzene rings is 1. The Balaban J connectivity index is 0.00000341. The molecular formula is C21H32ClIN6O2. The van der Waals surface area contributed by atoms with Gasteiger partial charge in [-0.15, -0.1) is 24.0 Å². The molecule has 0 radical (unpaired) electrons. The lowest BCUT2D eigenvalue weighted by Gasteiger charge is -2.25. The molecule has 1 aliphatic rings. The maximum atomic E-state index is 5.99. The number of aliphatic imine (C=N–C) groups is 1. The topological polar surface area (TPSA) is 85.6 Å². The number of rotatable bonds is 9. The van der Waals surface area contributed by atoms with Gasteiger partial charge in [-0.2, -0.15) is 5.10 Å². The minimum absolute atomic E-state index is 0. The molecule has 31 heavy (non-hydrogen) atoms. The first kappa shape index (κ1) is 25.7. The second-order valence-corrected chi connectivity index (χ2v) is 7.75. The average Bonchev–Trinajstić information content (AvgIpc) is 3.11. The Morgan fingerprint density at radius 2 is 2.23 bits per heavy atom. The molecular weight excluding hydrogens is 531 g/mol. The molecule has 2 N–H and O–H groups in total. The monoisotopic (exact) mass is 562 g/mol. The molecule has 0 fully saturated rings. The van der Waals surface area contributed by atoms with Crippen molar-refractivity contribution >= 4 is 41.5 Å². The van der Waals surface area contributed by atoms with E-state index in [9.17, 15) is 0 Å². The molecule has 1 aromatic heterocycles. The summed E-state index contributed by atoms with van der Waals surface area (Å²) >= 11 is 5.99. The van der Waals surface area contributed by atoms with Crippen molar-refractivity contribution in [1.82, 2.24) is 25.4 Å². The number of guanidine groups is 1. The minimum atomic E-state index is 0. The van der Waals surface area contributed by atoms with Crippen molar-refractivity contribution < 1.29 is 9.47 Å². The summed E-state index contributed by atoms with van der Waals surface area (Å²) in [4.78, 5) is 9.22. The highest BCUT2D eigenvalue weighted by Crippen LogP contribution is 2.21. The molecule has 1 aliphatic heterocycles. The number of methoxy groups -OCH3 is 1. The highest BCUT2D eigenvalue weighted by atomic mass is 127. The number of aromatic nitrogens is 3. The lowest BCUT2D eigenvalue weighted by molar-refractivity contribution is 0.177. The van der Waals surface area contributed by atoms with E-state index < -0.39 is 0 Å². The second kappa shape index (κ2) is 13.1. The molecule has 0 amide bonds. The summed E-state index contributed by atoms with van der Waals surface area (Å²) < 4.78 is 13.0. The van der Waals surface area contributed by atoms with E-state index in [1.807, 2.05) is 29.8 Å². The lowest BCUT2D eigenvalue weighted by Crippen LogP contribution is -2.47. The molecule has 172 valence electrons. The van der Waals surface area contributed by atoms with Crippen LogP contribution in [-0.2, 0) is 24.3 Å². The zero-order chi connectivity index (χ0) is 21.3. The Bertz CT molecular complexity index is 860. The summed E-state index contributed by atoms with van der Waals surface area (Å²) in [7, 11) is 1.66. The molecule has 2 heterocycles. The zero-order valence-corrected chi connectivity index (χ0v) is 21.4. The minimum Gasteiger partial charge on any atom is -0.493 e. The molecule has 1 atom stereocenters. The number of fused-ring (bicyclic) bond motifs is 1. The first-order valence-corrected chi connectivity index (χ1v) is 10.8. The summed E-state index contributed by atoms with van der Waals surface area (Å²) in [5.41, 5.74) is 1.04. The molecule has 3 rings (SSSR count). The number of ether oxygens (including phenoxy) is 2. The quantitative estimate of drug-likeness (QED) is 0.211. The van der Waals surface area contributed by atoms with Crippen LogP contribution in [0.3, 0.4) is 0 Å². The van der Waals surface area contributed by atoms with Crippen molar-refractivity contribution in [3.05, 3.63) is 40.4 Å². The molecule has 8 nitrogen and oxygen atoms in total. The highest BCUT2D eigenvalue weighted by molar-refractivity contribution is 14.0. The largest absolute Gasteiger partial charge is 0.493 e. The third-order valence-corrected chi connectivity index (χ3v) is 5.06. The maximum absolute atomic E-state index is 5.99. The van der Waals surface area contributed by atoms with E-state index in [0.717, 1.165) is 66.3 Å². The summed E-state index contributed by atoms with van der Waals surface area (Å²) in [6, 6.07) is 5.93. The number of aryl methyl sites for hydroxylation is 2. The molecule has 0 bridgehead atoms. The molecule has 0 spiro atoms. The summed E-state index contributed by atoms with van der Waals surface area (Å²) in [6.45, 7) is 7.38. The Morgan fingerprint density at radius 3 is 2.97 bits per heavy atom. The predicted molar refractivity (Wildman–Crippen MR) is 134 cm³/mol. The number of halogens is 2. The van der Waals surface area contributed by atoms with Crippen LogP contribution < -0.4 is 15.4 Å². The van der Waals surface area contributed by atoms with Gasteiger partial charge in [0.2, 0.25) is 0 Å². The Hall–Kier alpha value is -1.59. The van der Waals surface area contributed by atoms with E-state index in [1.165, 1.54) is 0 Å². The highest BCUT2D eigenvalue weighted by Gasteiger charge is 2.22. The van der Waals surface area contributed by atoms with Gasteiger partial charge in [-0.3, -0.25) is 4.99 Å². The van der Waals surface area contributed by atoms with Gasteiger partial charge in [0.25, 0.3) is 0 Å². The Kier molecular flexibility index (Phi) is 10.8. The number of nitrogens with one attached hydrogen (secondary N) is 2. The molecule has 0 aliphatic carbocycles. The van der Waals surface area contributed by atoms with Gasteiger partial charge in [0.1, 0.15) is 18.2 Å². The fourth-order valence-electron chi connectivity index (χ4n) is 3.39. The molecule has 0 saturated heterocycles. The van der Waals surface area contributed by atoms with Gasteiger partial charge in [0.05, 0.1) is 13.2 Å². The SMILES string of the molecule is CCNC(=NCCCOc1ccc(Cl)cc1C)NC1CCc2nc(COC)nn2C1.I. The fraction of sp³-hybridized carbons (Fsp3) is 0.571. The third kappa shape index (κ3) is 7.80. The van der Waals surface area contributed by atoms with Crippen LogP contribution in [0.25, 0.3) is 0 Å². The summed E-state index contributed by atoms with van der Waals surface area (Å²) in [5.74, 6) is 3.46. The van der Waals surface area contributed by atoms with Crippen LogP contribution in [0.1, 0.15) is 37.0 Å². The van der Waals surface area contributed by atoms with Crippen molar-refractivity contribution in [2.75, 3.05) is 26.8 Å². The van der Waals surface area contributed by atoms with Crippen LogP contribution in [0, 0.1) is 6.92 Å². The fourth-order valence-corrected chi connectivity index (χ4v) is 3.62. The van der Waals surface area contributed by atoms with Crippen LogP contribution in [0.4, 0.5) is 0 Å². The van der Waals surface area contributed by atoms with Crippen molar-refractivity contribution in [3.8, 4) is 5.75 Å². The molecule has 2 aromatic rings. The van der Waals surface area contributed by atoms with E-state index in [4.69, 9.17) is 26.1 Å². The normalized spacial score (nSPS) is 15.7. The van der Waals surface area contributed by atoms with Crippen LogP contribution in [0.15, 0.2) is 23.2 Å². The van der Waals surface area contributed by atoms with Crippen molar-refractivity contribution in [3.63, 3.8) is 0 Å². The van der Waals surface area contributed by atoms with Crippen LogP contribution >= 0.6 is 35.6 Å². The number of hydrogen-bond acceptors (Lipinski definition) is 5. The summed E-state index contributed by atoms with van der Waals surface area (Å²) in [6.07, 6.45) is 2.72. The van der Waals surface area contributed by atoms with Crippen molar-refractivity contribution in [2.45, 2.75) is 52.3 Å². The van der Waals surface area contributed by atoms with Gasteiger partial charge in [-0.05, 0) is 44.0 Å². The van der Waals surface area contributed by atoms with Crippen LogP contribution in [0.2, 0.25) is 5.02 Å². The lowest BCUT2D eigenvalue weighted by atomic mass is 10.1. The first-order chi connectivity index (χ1) is 14.6. The molecule has 1 aromatic carbocycles. The third-order valence-electron chi connectivity index (χ3n) is 4.83. The van der Waals surface area contributed by atoms with E-state index in [1.54, 1.807) is 7.11 Å². The van der Waals surface area contributed by atoms with Gasteiger partial charge in [0, 0.05) is 44.1 Å². The second-order valence-electron chi connectivity index (χ2n) is 7.31. The maximum Gasteiger partial charge on any atom is 0.191 e. The van der Waals surface area contributed by atoms with E-state index in [2.05, 4.69) is 27.6 Å². The predicted octanol–water partition coefficient (Wildman–Crippen LogP) is 3.34. The van der Waals surface area contributed by atoms with Gasteiger partial charge >= 0.3 is 0 Å². The number of hydrogen-bond donors (Lipinski definition) is 2. The molecule has 0 saturated carbocycles. The number of nitrogens with zero attached hydrogens (tertiary/aromatic N) is 4. The average molecular weight is 563 g/mol. The smallest absolute Gasteiger partial charge is 0.191 e. The van der Waals surface area contributed by atoms with Gasteiger partial charge in [-0.1, -0.05) is 11.6 Å². The molecule has 1 unspecified atom stereocenters.